The molecule has 2 aliphatic rings. The molecule has 0 bridgehead atoms. The monoisotopic (exact) mass is 166 g/mol. The van der Waals surface area contributed by atoms with Crippen LogP contribution in [0.3, 0.4) is 0 Å². The third-order valence-corrected chi connectivity index (χ3v) is 2.38. The predicted molar refractivity (Wildman–Crippen MR) is 44.0 cm³/mol. The lowest BCUT2D eigenvalue weighted by Gasteiger charge is -2.13. The summed E-state index contributed by atoms with van der Waals surface area (Å²) < 4.78 is 26.4. The summed E-state index contributed by atoms with van der Waals surface area (Å²) >= 11 is 0. The maximum atomic E-state index is 13.2. The highest BCUT2D eigenvalue weighted by molar-refractivity contribution is 5.66. The van der Waals surface area contributed by atoms with Crippen LogP contribution in [0.15, 0.2) is 47.6 Å². The topological polar surface area (TPSA) is 0 Å². The van der Waals surface area contributed by atoms with Crippen LogP contribution in [0.1, 0.15) is 6.42 Å². The van der Waals surface area contributed by atoms with E-state index in [4.69, 9.17) is 0 Å². The molecule has 0 nitrogen and oxygen atoms in total. The zero-order valence-corrected chi connectivity index (χ0v) is 6.53. The zero-order chi connectivity index (χ0) is 8.93. The minimum atomic E-state index is -2.91. The van der Waals surface area contributed by atoms with E-state index in [2.05, 4.69) is 13.2 Å². The number of hydrogen-bond acceptors (Lipinski definition) is 0. The summed E-state index contributed by atoms with van der Waals surface area (Å²) in [5.41, 5.74) is 1.07. The molecule has 12 heavy (non-hydrogen) atoms. The first kappa shape index (κ1) is 7.47. The number of alkyl halides is 2. The zero-order valence-electron chi connectivity index (χ0n) is 6.53. The van der Waals surface area contributed by atoms with E-state index in [1.165, 1.54) is 0 Å². The highest BCUT2D eigenvalue weighted by Gasteiger charge is 2.46. The van der Waals surface area contributed by atoms with Gasteiger partial charge in [0.2, 0.25) is 0 Å². The largest absolute Gasteiger partial charge is 0.298 e. The van der Waals surface area contributed by atoms with E-state index in [0.29, 0.717) is 17.6 Å². The number of hydrogen-bond donors (Lipinski definition) is 0. The van der Waals surface area contributed by atoms with Crippen molar-refractivity contribution in [2.45, 2.75) is 12.3 Å². The molecule has 0 aromatic carbocycles. The molecule has 0 aromatic heterocycles. The third kappa shape index (κ3) is 0.649. The summed E-state index contributed by atoms with van der Waals surface area (Å²) in [5.74, 6) is -2.91. The lowest BCUT2D eigenvalue weighted by molar-refractivity contribution is 0.0948. The van der Waals surface area contributed by atoms with E-state index in [-0.39, 0.29) is 11.1 Å². The van der Waals surface area contributed by atoms with Gasteiger partial charge in [-0.05, 0) is 17.6 Å². The maximum absolute atomic E-state index is 13.2. The van der Waals surface area contributed by atoms with Crippen LogP contribution < -0.4 is 0 Å². The minimum absolute atomic E-state index is 0.0764. The van der Waals surface area contributed by atoms with E-state index in [9.17, 15) is 8.78 Å². The first-order valence-corrected chi connectivity index (χ1v) is 3.72. The molecule has 2 aliphatic carbocycles. The van der Waals surface area contributed by atoms with Crippen LogP contribution in [-0.2, 0) is 0 Å². The van der Waals surface area contributed by atoms with Gasteiger partial charge < -0.3 is 0 Å². The first-order valence-electron chi connectivity index (χ1n) is 3.72. The molecule has 0 N–H and O–H groups in total. The van der Waals surface area contributed by atoms with Crippen LogP contribution in [0.5, 0.6) is 0 Å². The Morgan fingerprint density at radius 1 is 1.25 bits per heavy atom. The summed E-state index contributed by atoms with van der Waals surface area (Å²) in [6.07, 6.45) is 4.13. The van der Waals surface area contributed by atoms with E-state index >= 15 is 0 Å². The lowest BCUT2D eigenvalue weighted by Crippen LogP contribution is -2.16. The molecule has 0 saturated carbocycles. The minimum Gasteiger partial charge on any atom is -0.196 e. The summed E-state index contributed by atoms with van der Waals surface area (Å²) in [4.78, 5) is 0. The molecular formula is C10H8F2. The molecule has 0 aliphatic heterocycles. The molecule has 2 rings (SSSR count). The molecule has 2 heteroatoms. The van der Waals surface area contributed by atoms with Gasteiger partial charge in [-0.15, -0.1) is 0 Å². The van der Waals surface area contributed by atoms with Gasteiger partial charge in [-0.3, -0.25) is 0 Å². The number of allylic oxidation sites excluding steroid dienone is 6. The van der Waals surface area contributed by atoms with Crippen molar-refractivity contribution in [2.24, 2.45) is 0 Å². The molecule has 0 spiro atoms. The van der Waals surface area contributed by atoms with Crippen LogP contribution in [0.4, 0.5) is 8.78 Å². The van der Waals surface area contributed by atoms with Gasteiger partial charge in [0.05, 0.1) is 0 Å². The van der Waals surface area contributed by atoms with Crippen LogP contribution in [-0.4, -0.2) is 5.92 Å². The van der Waals surface area contributed by atoms with E-state index < -0.39 is 5.92 Å². The molecule has 0 amide bonds. The summed E-state index contributed by atoms with van der Waals surface area (Å²) in [6, 6.07) is 0. The van der Waals surface area contributed by atoms with Gasteiger partial charge in [-0.1, -0.05) is 25.3 Å². The third-order valence-electron chi connectivity index (χ3n) is 2.38. The first-order chi connectivity index (χ1) is 5.55. The molecule has 62 valence electrons. The average molecular weight is 166 g/mol. The molecule has 0 heterocycles. The van der Waals surface area contributed by atoms with Crippen molar-refractivity contribution in [2.75, 3.05) is 0 Å². The second kappa shape index (κ2) is 1.94. The van der Waals surface area contributed by atoms with Gasteiger partial charge in [0.15, 0.2) is 0 Å². The van der Waals surface area contributed by atoms with Crippen LogP contribution in [0.25, 0.3) is 0 Å². The summed E-state index contributed by atoms with van der Waals surface area (Å²) in [7, 11) is 0. The molecule has 0 fully saturated rings. The summed E-state index contributed by atoms with van der Waals surface area (Å²) in [6.45, 7) is 6.77. The fourth-order valence-electron chi connectivity index (χ4n) is 1.61. The Balaban J connectivity index is 2.56. The Hall–Kier alpha value is -1.18. The normalized spacial score (nSPS) is 25.5. The van der Waals surface area contributed by atoms with Gasteiger partial charge in [0, 0.05) is 11.1 Å². The second-order valence-electron chi connectivity index (χ2n) is 3.03. The van der Waals surface area contributed by atoms with Crippen LogP contribution in [0.2, 0.25) is 0 Å². The fourth-order valence-corrected chi connectivity index (χ4v) is 1.61. The number of halogens is 2. The SMILES string of the molecule is C=C1C2=C(CC=C2)C(=C)C1(F)F. The van der Waals surface area contributed by atoms with Crippen molar-refractivity contribution in [3.8, 4) is 0 Å². The van der Waals surface area contributed by atoms with Crippen LogP contribution >= 0.6 is 0 Å². The van der Waals surface area contributed by atoms with E-state index in [1.54, 1.807) is 6.08 Å². The molecular weight excluding hydrogens is 158 g/mol. The van der Waals surface area contributed by atoms with Gasteiger partial charge >= 0.3 is 0 Å². The fraction of sp³-hybridized carbons (Fsp3) is 0.200. The molecule has 0 saturated heterocycles. The molecule has 0 aromatic rings. The molecule has 0 radical (unpaired) electrons. The van der Waals surface area contributed by atoms with Crippen molar-refractivity contribution in [1.82, 2.24) is 0 Å². The highest BCUT2D eigenvalue weighted by Crippen LogP contribution is 2.50. The second-order valence-corrected chi connectivity index (χ2v) is 3.03. The Morgan fingerprint density at radius 3 is 2.50 bits per heavy atom. The quantitative estimate of drug-likeness (QED) is 0.519. The summed E-state index contributed by atoms with van der Waals surface area (Å²) in [5, 5.41) is 0. The smallest absolute Gasteiger partial charge is 0.196 e. The maximum Gasteiger partial charge on any atom is 0.298 e. The van der Waals surface area contributed by atoms with Crippen LogP contribution in [0, 0.1) is 0 Å². The van der Waals surface area contributed by atoms with Crippen molar-refractivity contribution in [3.63, 3.8) is 0 Å². The van der Waals surface area contributed by atoms with Crippen molar-refractivity contribution >= 4 is 0 Å². The van der Waals surface area contributed by atoms with Crippen molar-refractivity contribution in [1.29, 1.82) is 0 Å². The van der Waals surface area contributed by atoms with E-state index in [1.807, 2.05) is 6.08 Å². The van der Waals surface area contributed by atoms with E-state index in [0.717, 1.165) is 0 Å². The molecule has 0 unspecified atom stereocenters. The number of rotatable bonds is 0. The van der Waals surface area contributed by atoms with Crippen molar-refractivity contribution in [3.05, 3.63) is 47.6 Å². The Morgan fingerprint density at radius 2 is 1.92 bits per heavy atom. The predicted octanol–water partition coefficient (Wildman–Crippen LogP) is 3.00. The van der Waals surface area contributed by atoms with Crippen molar-refractivity contribution < 1.29 is 8.78 Å². The average Bonchev–Trinajstić information content (AvgIpc) is 2.53. The lowest BCUT2D eigenvalue weighted by atomic mass is 10.1. The Labute approximate surface area is 69.6 Å². The van der Waals surface area contributed by atoms with Gasteiger partial charge in [-0.25, -0.2) is 0 Å². The van der Waals surface area contributed by atoms with Gasteiger partial charge in [0.25, 0.3) is 5.92 Å². The van der Waals surface area contributed by atoms with Gasteiger partial charge in [-0.2, -0.15) is 8.78 Å². The Bertz CT molecular complexity index is 343. The van der Waals surface area contributed by atoms with Gasteiger partial charge in [0.1, 0.15) is 0 Å². The Kier molecular flexibility index (Phi) is 1.21. The highest BCUT2D eigenvalue weighted by atomic mass is 19.3. The standard InChI is InChI=1S/C10H8F2/c1-6-8-4-3-5-9(8)7(2)10(6,11)12/h3-4H,1-2,5H2. The molecule has 0 atom stereocenters.